The van der Waals surface area contributed by atoms with Crippen LogP contribution in [0.3, 0.4) is 0 Å². The van der Waals surface area contributed by atoms with Gasteiger partial charge in [-0.25, -0.2) is 4.98 Å². The Bertz CT molecular complexity index is 762. The molecule has 10 heteroatoms. The third-order valence-corrected chi connectivity index (χ3v) is 6.81. The van der Waals surface area contributed by atoms with Gasteiger partial charge in [0.15, 0.2) is 5.13 Å². The number of carbonyl (C=O) groups excluding carboxylic acids is 2. The van der Waals surface area contributed by atoms with Gasteiger partial charge in [0.1, 0.15) is 10.7 Å². The molecule has 1 saturated heterocycles. The predicted molar refractivity (Wildman–Crippen MR) is 97.3 cm³/mol. The van der Waals surface area contributed by atoms with Crippen molar-refractivity contribution in [2.45, 2.75) is 31.3 Å². The predicted octanol–water partition coefficient (Wildman–Crippen LogP) is 2.21. The first-order valence-electron chi connectivity index (χ1n) is 7.18. The maximum Gasteiger partial charge on any atom is 0.272 e. The highest BCUT2D eigenvalue weighted by Crippen LogP contribution is 2.40. The average Bonchev–Trinajstić information content (AvgIpc) is 3.19. The van der Waals surface area contributed by atoms with Crippen molar-refractivity contribution in [2.24, 2.45) is 0 Å². The largest absolute Gasteiger partial charge is 0.324 e. The molecule has 3 rings (SSSR count). The Hall–Kier alpha value is -1.49. The quantitative estimate of drug-likeness (QED) is 0.749. The van der Waals surface area contributed by atoms with Gasteiger partial charge in [-0.3, -0.25) is 19.9 Å². The second-order valence-corrected chi connectivity index (χ2v) is 8.96. The van der Waals surface area contributed by atoms with E-state index in [0.717, 1.165) is 10.6 Å². The fourth-order valence-electron chi connectivity index (χ4n) is 2.44. The van der Waals surface area contributed by atoms with Gasteiger partial charge in [-0.15, -0.1) is 34.4 Å². The molecule has 0 aliphatic carbocycles. The molecule has 0 radical (unpaired) electrons. The fraction of sp³-hybridized carbons (Fsp3) is 0.429. The summed E-state index contributed by atoms with van der Waals surface area (Å²) in [6.45, 7) is 5.44. The van der Waals surface area contributed by atoms with Gasteiger partial charge in [0.05, 0.1) is 11.0 Å². The van der Waals surface area contributed by atoms with Crippen LogP contribution in [-0.4, -0.2) is 32.5 Å². The zero-order valence-corrected chi connectivity index (χ0v) is 15.8. The van der Waals surface area contributed by atoms with Crippen LogP contribution in [0.25, 0.3) is 0 Å². The topological polar surface area (TPSA) is 96.0 Å². The number of nitrogens with one attached hydrogen (secondary N) is 3. The van der Waals surface area contributed by atoms with Gasteiger partial charge in [-0.05, 0) is 13.8 Å². The van der Waals surface area contributed by atoms with Crippen molar-refractivity contribution < 1.29 is 9.59 Å². The van der Waals surface area contributed by atoms with Crippen molar-refractivity contribution in [2.75, 3.05) is 11.1 Å². The van der Waals surface area contributed by atoms with Gasteiger partial charge in [-0.1, -0.05) is 0 Å². The molecule has 0 spiro atoms. The Morgan fingerprint density at radius 3 is 2.79 bits per heavy atom. The first-order valence-corrected chi connectivity index (χ1v) is 9.92. The second-order valence-electron chi connectivity index (χ2n) is 5.82. The van der Waals surface area contributed by atoms with Crippen molar-refractivity contribution in [1.82, 2.24) is 20.6 Å². The number of anilines is 1. The highest BCUT2D eigenvalue weighted by atomic mass is 32.2. The van der Waals surface area contributed by atoms with E-state index in [1.165, 1.54) is 18.3 Å². The Balaban J connectivity index is 1.68. The van der Waals surface area contributed by atoms with Gasteiger partial charge >= 0.3 is 0 Å². The summed E-state index contributed by atoms with van der Waals surface area (Å²) in [5.41, 5.74) is 1.86. The van der Waals surface area contributed by atoms with Crippen molar-refractivity contribution in [1.29, 1.82) is 0 Å². The van der Waals surface area contributed by atoms with Crippen LogP contribution in [-0.2, 0) is 10.3 Å². The highest BCUT2D eigenvalue weighted by molar-refractivity contribution is 8.00. The molecule has 3 heterocycles. The van der Waals surface area contributed by atoms with Crippen LogP contribution in [0.4, 0.5) is 5.13 Å². The molecule has 1 fully saturated rings. The summed E-state index contributed by atoms with van der Waals surface area (Å²) < 4.78 is 0. The molecule has 3 N–H and O–H groups in total. The Labute approximate surface area is 151 Å². The smallest absolute Gasteiger partial charge is 0.272 e. The van der Waals surface area contributed by atoms with Gasteiger partial charge in [0.2, 0.25) is 5.91 Å². The van der Waals surface area contributed by atoms with Gasteiger partial charge in [0, 0.05) is 29.1 Å². The van der Waals surface area contributed by atoms with Crippen LogP contribution in [0.15, 0.2) is 17.1 Å². The summed E-state index contributed by atoms with van der Waals surface area (Å²) in [7, 11) is 0. The minimum atomic E-state index is -0.604. The summed E-state index contributed by atoms with van der Waals surface area (Å²) in [4.78, 5) is 32.3. The van der Waals surface area contributed by atoms with Crippen molar-refractivity contribution in [3.05, 3.63) is 27.7 Å². The summed E-state index contributed by atoms with van der Waals surface area (Å²) in [5, 5.41) is 11.1. The maximum absolute atomic E-state index is 12.5. The third kappa shape index (κ3) is 3.61. The van der Waals surface area contributed by atoms with Crippen molar-refractivity contribution >= 4 is 51.4 Å². The summed E-state index contributed by atoms with van der Waals surface area (Å²) in [5.74, 6) is 0.329. The van der Waals surface area contributed by atoms with E-state index in [0.29, 0.717) is 10.8 Å². The third-order valence-electron chi connectivity index (χ3n) is 3.51. The van der Waals surface area contributed by atoms with E-state index in [4.69, 9.17) is 0 Å². The van der Waals surface area contributed by atoms with E-state index in [1.54, 1.807) is 34.0 Å². The number of amides is 2. The Kier molecular flexibility index (Phi) is 4.65. The molecular weight excluding hydrogens is 366 g/mol. The fourth-order valence-corrected chi connectivity index (χ4v) is 5.28. The Morgan fingerprint density at radius 2 is 2.12 bits per heavy atom. The number of thioether (sulfide) groups is 1. The summed E-state index contributed by atoms with van der Waals surface area (Å²) in [6, 6.07) is 0. The lowest BCUT2D eigenvalue weighted by atomic mass is 10.0. The zero-order valence-electron chi connectivity index (χ0n) is 13.4. The molecule has 2 amide bonds. The van der Waals surface area contributed by atoms with E-state index in [1.807, 2.05) is 13.1 Å². The van der Waals surface area contributed by atoms with Crippen molar-refractivity contribution in [3.8, 4) is 0 Å². The molecule has 0 bridgehead atoms. The number of hydrogen-bond donors (Lipinski definition) is 3. The molecule has 7 nitrogen and oxygen atoms in total. The second kappa shape index (κ2) is 6.43. The normalized spacial score (nSPS) is 26.3. The first-order chi connectivity index (χ1) is 11.3. The van der Waals surface area contributed by atoms with E-state index in [2.05, 4.69) is 32.8 Å². The van der Waals surface area contributed by atoms with Crippen LogP contribution in [0.5, 0.6) is 0 Å². The summed E-state index contributed by atoms with van der Waals surface area (Å²) >= 11 is 4.45. The van der Waals surface area contributed by atoms with Crippen LogP contribution < -0.4 is 16.0 Å². The molecule has 24 heavy (non-hydrogen) atoms. The van der Waals surface area contributed by atoms with Gasteiger partial charge < -0.3 is 10.6 Å². The molecule has 0 saturated carbocycles. The van der Waals surface area contributed by atoms with E-state index >= 15 is 0 Å². The maximum atomic E-state index is 12.5. The number of rotatable bonds is 4. The van der Waals surface area contributed by atoms with E-state index in [-0.39, 0.29) is 17.4 Å². The number of nitrogens with zero attached hydrogens (tertiary/aromatic N) is 2. The SMILES string of the molecule is CC(=O)Nc1nc(C(=O)N[C@]2(C)N[C@@](C)(c3cncs3)CS2)cs1. The monoisotopic (exact) mass is 383 g/mol. The summed E-state index contributed by atoms with van der Waals surface area (Å²) in [6.07, 6.45) is 1.85. The molecule has 128 valence electrons. The minimum absolute atomic E-state index is 0.211. The number of aromatic nitrogens is 2. The molecule has 2 aromatic heterocycles. The molecular formula is C14H17N5O2S3. The molecule has 0 unspecified atom stereocenters. The van der Waals surface area contributed by atoms with E-state index in [9.17, 15) is 9.59 Å². The molecule has 2 aromatic rings. The van der Waals surface area contributed by atoms with Gasteiger partial charge in [0.25, 0.3) is 5.91 Å². The highest BCUT2D eigenvalue weighted by Gasteiger charge is 2.45. The van der Waals surface area contributed by atoms with Crippen molar-refractivity contribution in [3.63, 3.8) is 0 Å². The number of hydrogen-bond acceptors (Lipinski definition) is 8. The average molecular weight is 384 g/mol. The van der Waals surface area contributed by atoms with Crippen LogP contribution in [0.1, 0.15) is 36.1 Å². The Morgan fingerprint density at radius 1 is 1.33 bits per heavy atom. The lowest BCUT2D eigenvalue weighted by Gasteiger charge is -2.29. The molecule has 0 aromatic carbocycles. The lowest BCUT2D eigenvalue weighted by molar-refractivity contribution is -0.114. The molecule has 1 aliphatic heterocycles. The first kappa shape index (κ1) is 17.3. The lowest BCUT2D eigenvalue weighted by Crippen LogP contribution is -2.55. The zero-order chi connectivity index (χ0) is 17.4. The number of thiazole rings is 2. The van der Waals surface area contributed by atoms with Crippen LogP contribution in [0.2, 0.25) is 0 Å². The van der Waals surface area contributed by atoms with Gasteiger partial charge in [-0.2, -0.15) is 0 Å². The van der Waals surface area contributed by atoms with Crippen LogP contribution in [0, 0.1) is 0 Å². The molecule has 1 aliphatic rings. The standard InChI is InChI=1S/C14H17N5O2S3/c1-8(20)16-12-17-9(5-22-12)11(21)18-14(3)19-13(2,6-24-14)10-4-15-7-23-10/h4-5,7,19H,6H2,1-3H3,(H,18,21)(H,16,17,20)/t13-,14-/m1/s1. The number of carbonyl (C=O) groups is 2. The minimum Gasteiger partial charge on any atom is -0.324 e. The van der Waals surface area contributed by atoms with Crippen LogP contribution >= 0.6 is 34.4 Å². The molecule has 2 atom stereocenters. The van der Waals surface area contributed by atoms with E-state index < -0.39 is 4.99 Å².